The van der Waals surface area contributed by atoms with Crippen molar-refractivity contribution in [3.63, 3.8) is 0 Å². The Morgan fingerprint density at radius 3 is 2.81 bits per heavy atom. The lowest BCUT2D eigenvalue weighted by atomic mass is 10.2. The molecule has 0 unspecified atom stereocenters. The van der Waals surface area contributed by atoms with Crippen LogP contribution in [-0.4, -0.2) is 11.5 Å². The molecule has 1 heterocycles. The Balaban J connectivity index is 2.69. The second kappa shape index (κ2) is 4.33. The van der Waals surface area contributed by atoms with Gasteiger partial charge in [0.05, 0.1) is 4.47 Å². The van der Waals surface area contributed by atoms with Crippen LogP contribution in [0.1, 0.15) is 6.92 Å². The van der Waals surface area contributed by atoms with Crippen LogP contribution in [0.2, 0.25) is 0 Å². The van der Waals surface area contributed by atoms with Crippen molar-refractivity contribution >= 4 is 32.7 Å². The summed E-state index contributed by atoms with van der Waals surface area (Å²) >= 11 is 2.96. The zero-order chi connectivity index (χ0) is 11.7. The quantitative estimate of drug-likeness (QED) is 0.852. The highest BCUT2D eigenvalue weighted by atomic mass is 79.9. The lowest BCUT2D eigenvalue weighted by Crippen LogP contribution is -2.00. The second-order valence-electron chi connectivity index (χ2n) is 3.28. The minimum absolute atomic E-state index is 0.0409. The van der Waals surface area contributed by atoms with Gasteiger partial charge in [0.25, 0.3) is 0 Å². The smallest absolute Gasteiger partial charge is 0.150 e. The van der Waals surface area contributed by atoms with E-state index in [0.29, 0.717) is 12.4 Å². The minimum Gasteiger partial charge on any atom is -0.370 e. The number of pyridine rings is 1. The fourth-order valence-corrected chi connectivity index (χ4v) is 1.88. The van der Waals surface area contributed by atoms with Gasteiger partial charge in [0, 0.05) is 11.9 Å². The molecule has 0 bridgehead atoms. The van der Waals surface area contributed by atoms with E-state index in [4.69, 9.17) is 0 Å². The molecule has 2 aromatic rings. The SMILES string of the molecule is CCNc1ccc2c(F)c(Br)cc(F)c2n1. The van der Waals surface area contributed by atoms with Crippen molar-refractivity contribution in [3.8, 4) is 0 Å². The molecule has 0 radical (unpaired) electrons. The third-order valence-electron chi connectivity index (χ3n) is 2.18. The monoisotopic (exact) mass is 286 g/mol. The normalized spacial score (nSPS) is 10.8. The fourth-order valence-electron chi connectivity index (χ4n) is 1.47. The zero-order valence-corrected chi connectivity index (χ0v) is 10.1. The van der Waals surface area contributed by atoms with Crippen molar-refractivity contribution in [1.29, 1.82) is 0 Å². The van der Waals surface area contributed by atoms with Gasteiger partial charge in [0.1, 0.15) is 17.2 Å². The first-order valence-electron chi connectivity index (χ1n) is 4.81. The molecular weight excluding hydrogens is 278 g/mol. The minimum atomic E-state index is -0.539. The molecule has 2 rings (SSSR count). The van der Waals surface area contributed by atoms with Crippen molar-refractivity contribution in [2.45, 2.75) is 6.92 Å². The number of halogens is 3. The molecule has 16 heavy (non-hydrogen) atoms. The third-order valence-corrected chi connectivity index (χ3v) is 2.76. The van der Waals surface area contributed by atoms with Gasteiger partial charge in [0.15, 0.2) is 5.82 Å². The molecule has 0 fully saturated rings. The van der Waals surface area contributed by atoms with E-state index in [9.17, 15) is 8.78 Å². The maximum absolute atomic E-state index is 13.6. The molecule has 1 aromatic carbocycles. The number of benzene rings is 1. The summed E-state index contributed by atoms with van der Waals surface area (Å²) in [6.45, 7) is 2.59. The molecule has 0 spiro atoms. The van der Waals surface area contributed by atoms with Crippen molar-refractivity contribution in [1.82, 2.24) is 4.98 Å². The Hall–Kier alpha value is -1.23. The Labute approximate surface area is 99.8 Å². The van der Waals surface area contributed by atoms with E-state index in [1.165, 1.54) is 6.07 Å². The highest BCUT2D eigenvalue weighted by Crippen LogP contribution is 2.27. The number of nitrogens with one attached hydrogen (secondary N) is 1. The molecule has 0 saturated heterocycles. The summed E-state index contributed by atoms with van der Waals surface area (Å²) in [5.74, 6) is -0.495. The van der Waals surface area contributed by atoms with Crippen LogP contribution in [-0.2, 0) is 0 Å². The fraction of sp³-hybridized carbons (Fsp3) is 0.182. The number of rotatable bonds is 2. The molecule has 0 saturated carbocycles. The summed E-state index contributed by atoms with van der Waals surface area (Å²) in [7, 11) is 0. The van der Waals surface area contributed by atoms with E-state index in [0.717, 1.165) is 6.07 Å². The molecular formula is C11H9BrF2N2. The molecule has 1 N–H and O–H groups in total. The Kier molecular flexibility index (Phi) is 3.05. The van der Waals surface area contributed by atoms with Gasteiger partial charge in [-0.25, -0.2) is 13.8 Å². The number of nitrogens with zero attached hydrogens (tertiary/aromatic N) is 1. The zero-order valence-electron chi connectivity index (χ0n) is 8.52. The van der Waals surface area contributed by atoms with E-state index in [1.54, 1.807) is 6.07 Å². The first-order valence-corrected chi connectivity index (χ1v) is 5.61. The second-order valence-corrected chi connectivity index (χ2v) is 4.13. The van der Waals surface area contributed by atoms with Crippen molar-refractivity contribution in [3.05, 3.63) is 34.3 Å². The van der Waals surface area contributed by atoms with Crippen LogP contribution in [0.4, 0.5) is 14.6 Å². The van der Waals surface area contributed by atoms with Crippen molar-refractivity contribution in [2.75, 3.05) is 11.9 Å². The van der Waals surface area contributed by atoms with E-state index in [2.05, 4.69) is 26.2 Å². The van der Waals surface area contributed by atoms with Crippen LogP contribution in [0.3, 0.4) is 0 Å². The number of hydrogen-bond acceptors (Lipinski definition) is 2. The van der Waals surface area contributed by atoms with E-state index in [-0.39, 0.29) is 15.4 Å². The number of anilines is 1. The standard InChI is InChI=1S/C11H9BrF2N2/c1-2-15-9-4-3-6-10(14)7(12)5-8(13)11(6)16-9/h3-5H,2H2,1H3,(H,15,16). The molecule has 5 heteroatoms. The van der Waals surface area contributed by atoms with Gasteiger partial charge in [0.2, 0.25) is 0 Å². The predicted molar refractivity (Wildman–Crippen MR) is 63.5 cm³/mol. The highest BCUT2D eigenvalue weighted by Gasteiger charge is 2.12. The maximum Gasteiger partial charge on any atom is 0.150 e. The van der Waals surface area contributed by atoms with E-state index >= 15 is 0 Å². The van der Waals surface area contributed by atoms with E-state index < -0.39 is 11.6 Å². The van der Waals surface area contributed by atoms with Crippen LogP contribution < -0.4 is 5.32 Å². The summed E-state index contributed by atoms with van der Waals surface area (Å²) in [5.41, 5.74) is 0.0409. The average molecular weight is 287 g/mol. The molecule has 0 atom stereocenters. The number of aromatic nitrogens is 1. The summed E-state index contributed by atoms with van der Waals surface area (Å²) in [4.78, 5) is 4.02. The van der Waals surface area contributed by atoms with Crippen LogP contribution in [0, 0.1) is 11.6 Å². The lowest BCUT2D eigenvalue weighted by Gasteiger charge is -2.06. The topological polar surface area (TPSA) is 24.9 Å². The maximum atomic E-state index is 13.6. The van der Waals surface area contributed by atoms with Crippen LogP contribution in [0.25, 0.3) is 10.9 Å². The van der Waals surface area contributed by atoms with Crippen LogP contribution >= 0.6 is 15.9 Å². The largest absolute Gasteiger partial charge is 0.370 e. The van der Waals surface area contributed by atoms with Gasteiger partial charge < -0.3 is 5.32 Å². The average Bonchev–Trinajstić information content (AvgIpc) is 2.27. The molecule has 0 aliphatic heterocycles. The first kappa shape index (κ1) is 11.3. The molecule has 84 valence electrons. The first-order chi connectivity index (χ1) is 7.63. The third kappa shape index (κ3) is 1.87. The molecule has 2 nitrogen and oxygen atoms in total. The Morgan fingerprint density at radius 2 is 2.12 bits per heavy atom. The molecule has 0 aliphatic carbocycles. The van der Waals surface area contributed by atoms with Gasteiger partial charge in [-0.05, 0) is 41.1 Å². The molecule has 1 aromatic heterocycles. The molecule has 0 aliphatic rings. The van der Waals surface area contributed by atoms with Gasteiger partial charge >= 0.3 is 0 Å². The van der Waals surface area contributed by atoms with Crippen molar-refractivity contribution < 1.29 is 8.78 Å². The van der Waals surface area contributed by atoms with Gasteiger partial charge in [-0.15, -0.1) is 0 Å². The Morgan fingerprint density at radius 1 is 1.38 bits per heavy atom. The summed E-state index contributed by atoms with van der Waals surface area (Å²) in [5, 5.41) is 3.12. The number of hydrogen-bond donors (Lipinski definition) is 1. The molecule has 0 amide bonds. The number of fused-ring (bicyclic) bond motifs is 1. The Bertz CT molecular complexity index is 543. The summed E-state index contributed by atoms with van der Waals surface area (Å²) < 4.78 is 27.3. The van der Waals surface area contributed by atoms with Gasteiger partial charge in [-0.1, -0.05) is 0 Å². The highest BCUT2D eigenvalue weighted by molar-refractivity contribution is 9.10. The van der Waals surface area contributed by atoms with Gasteiger partial charge in [-0.2, -0.15) is 0 Å². The van der Waals surface area contributed by atoms with Crippen LogP contribution in [0.5, 0.6) is 0 Å². The summed E-state index contributed by atoms with van der Waals surface area (Å²) in [6.07, 6.45) is 0. The van der Waals surface area contributed by atoms with Crippen molar-refractivity contribution in [2.24, 2.45) is 0 Å². The van der Waals surface area contributed by atoms with Crippen LogP contribution in [0.15, 0.2) is 22.7 Å². The predicted octanol–water partition coefficient (Wildman–Crippen LogP) is 3.71. The summed E-state index contributed by atoms with van der Waals surface area (Å²) in [6, 6.07) is 4.23. The lowest BCUT2D eigenvalue weighted by molar-refractivity contribution is 0.610. The van der Waals surface area contributed by atoms with Gasteiger partial charge in [-0.3, -0.25) is 0 Å². The van der Waals surface area contributed by atoms with E-state index in [1.807, 2.05) is 6.92 Å².